The number of benzene rings is 2. The smallest absolute Gasteiger partial charge is 0.306 e. The number of imidazole rings is 1. The van der Waals surface area contributed by atoms with Crippen molar-refractivity contribution in [2.45, 2.75) is 6.18 Å². The Bertz CT molecular complexity index is 1130. The van der Waals surface area contributed by atoms with E-state index in [1.165, 1.54) is 12.1 Å². The molecule has 0 aliphatic heterocycles. The highest BCUT2D eigenvalue weighted by molar-refractivity contribution is 5.70. The van der Waals surface area contributed by atoms with Gasteiger partial charge < -0.3 is 4.40 Å². The first-order valence-electron chi connectivity index (χ1n) is 8.23. The summed E-state index contributed by atoms with van der Waals surface area (Å²) >= 11 is 0. The number of fused-ring (bicyclic) bond motifs is 1. The van der Waals surface area contributed by atoms with Crippen LogP contribution in [-0.2, 0) is 6.18 Å². The summed E-state index contributed by atoms with van der Waals surface area (Å²) in [5.74, 6) is 5.98. The van der Waals surface area contributed by atoms with Gasteiger partial charge in [0.05, 0.1) is 11.3 Å². The number of hydrogen-bond donors (Lipinski definition) is 0. The molecule has 132 valence electrons. The van der Waals surface area contributed by atoms with Crippen molar-refractivity contribution in [2.75, 3.05) is 0 Å². The molecule has 2 aromatic carbocycles. The summed E-state index contributed by atoms with van der Waals surface area (Å²) < 4.78 is 39.9. The van der Waals surface area contributed by atoms with E-state index in [1.807, 2.05) is 59.3 Å². The molecule has 4 aromatic rings. The second-order valence-electron chi connectivity index (χ2n) is 5.96. The first-order chi connectivity index (χ1) is 13.0. The average Bonchev–Trinajstić information content (AvgIpc) is 3.10. The third-order valence-electron chi connectivity index (χ3n) is 4.12. The third-order valence-corrected chi connectivity index (χ3v) is 4.12. The van der Waals surface area contributed by atoms with Crippen LogP contribution in [0.25, 0.3) is 16.9 Å². The molecule has 0 bridgehead atoms. The summed E-state index contributed by atoms with van der Waals surface area (Å²) in [5, 5.41) is 0. The molecule has 27 heavy (non-hydrogen) atoms. The Balaban J connectivity index is 1.69. The summed E-state index contributed by atoms with van der Waals surface area (Å²) in [6, 6.07) is 18.2. The van der Waals surface area contributed by atoms with Gasteiger partial charge in [0.15, 0.2) is 0 Å². The standard InChI is InChI=1S/C22H13F3N2/c23-22(24,25)18-12-9-16(10-13-18)8-11-17-5-1-2-6-19(17)20-15-27-14-4-3-7-21(27)26-20/h1-7,9-10,12-15H. The molecule has 0 aliphatic carbocycles. The Morgan fingerprint density at radius 2 is 1.56 bits per heavy atom. The van der Waals surface area contributed by atoms with Crippen LogP contribution in [0.2, 0.25) is 0 Å². The molecule has 0 amide bonds. The molecular weight excluding hydrogens is 349 g/mol. The topological polar surface area (TPSA) is 17.3 Å². The summed E-state index contributed by atoms with van der Waals surface area (Å²) in [6.45, 7) is 0. The lowest BCUT2D eigenvalue weighted by Gasteiger charge is -2.05. The van der Waals surface area contributed by atoms with Crippen LogP contribution in [0, 0.1) is 11.8 Å². The highest BCUT2D eigenvalue weighted by Crippen LogP contribution is 2.29. The Morgan fingerprint density at radius 1 is 0.815 bits per heavy atom. The molecule has 0 unspecified atom stereocenters. The fourth-order valence-corrected chi connectivity index (χ4v) is 2.76. The highest BCUT2D eigenvalue weighted by atomic mass is 19.4. The molecule has 0 fully saturated rings. The maximum Gasteiger partial charge on any atom is 0.416 e. The number of rotatable bonds is 1. The van der Waals surface area contributed by atoms with Crippen LogP contribution < -0.4 is 0 Å². The minimum atomic E-state index is -4.35. The first-order valence-corrected chi connectivity index (χ1v) is 8.23. The molecule has 4 rings (SSSR count). The minimum Gasteiger partial charge on any atom is -0.306 e. The maximum atomic E-state index is 12.7. The van der Waals surface area contributed by atoms with Gasteiger partial charge in [-0.25, -0.2) is 4.98 Å². The number of aromatic nitrogens is 2. The SMILES string of the molecule is FC(F)(F)c1ccc(C#Cc2ccccc2-c2cn3ccccc3n2)cc1. The fourth-order valence-electron chi connectivity index (χ4n) is 2.76. The van der Waals surface area contributed by atoms with Crippen molar-refractivity contribution in [3.05, 3.63) is 95.8 Å². The zero-order chi connectivity index (χ0) is 18.9. The van der Waals surface area contributed by atoms with Crippen LogP contribution in [-0.4, -0.2) is 9.38 Å². The van der Waals surface area contributed by atoms with Crippen molar-refractivity contribution >= 4 is 5.65 Å². The van der Waals surface area contributed by atoms with Crippen LogP contribution in [0.15, 0.2) is 79.1 Å². The highest BCUT2D eigenvalue weighted by Gasteiger charge is 2.29. The van der Waals surface area contributed by atoms with Gasteiger partial charge in [-0.2, -0.15) is 13.2 Å². The van der Waals surface area contributed by atoms with Crippen molar-refractivity contribution in [1.82, 2.24) is 9.38 Å². The summed E-state index contributed by atoms with van der Waals surface area (Å²) in [4.78, 5) is 4.61. The Kier molecular flexibility index (Phi) is 4.17. The Labute approximate surface area is 153 Å². The Morgan fingerprint density at radius 3 is 2.30 bits per heavy atom. The van der Waals surface area contributed by atoms with Crippen LogP contribution in [0.3, 0.4) is 0 Å². The number of nitrogens with zero attached hydrogens (tertiary/aromatic N) is 2. The van der Waals surface area contributed by atoms with Gasteiger partial charge in [-0.1, -0.05) is 36.1 Å². The summed E-state index contributed by atoms with van der Waals surface area (Å²) in [7, 11) is 0. The van der Waals surface area contributed by atoms with Gasteiger partial charge in [-0.3, -0.25) is 0 Å². The fraction of sp³-hybridized carbons (Fsp3) is 0.0455. The number of halogens is 3. The van der Waals surface area contributed by atoms with Gasteiger partial charge in [0.2, 0.25) is 0 Å². The van der Waals surface area contributed by atoms with E-state index in [9.17, 15) is 13.2 Å². The van der Waals surface area contributed by atoms with Crippen LogP contribution in [0.5, 0.6) is 0 Å². The quantitative estimate of drug-likeness (QED) is 0.413. The molecule has 0 radical (unpaired) electrons. The molecule has 0 saturated heterocycles. The van der Waals surface area contributed by atoms with Gasteiger partial charge >= 0.3 is 6.18 Å². The van der Waals surface area contributed by atoms with E-state index >= 15 is 0 Å². The predicted octanol–water partition coefficient (Wildman–Crippen LogP) is 5.42. The van der Waals surface area contributed by atoms with E-state index in [0.29, 0.717) is 5.56 Å². The molecule has 2 nitrogen and oxygen atoms in total. The van der Waals surface area contributed by atoms with Crippen molar-refractivity contribution in [3.63, 3.8) is 0 Å². The lowest BCUT2D eigenvalue weighted by Crippen LogP contribution is -2.04. The molecule has 2 heterocycles. The van der Waals surface area contributed by atoms with Crippen LogP contribution in [0.4, 0.5) is 13.2 Å². The number of alkyl halides is 3. The second-order valence-corrected chi connectivity index (χ2v) is 5.96. The maximum absolute atomic E-state index is 12.7. The van der Waals surface area contributed by atoms with Gasteiger partial charge in [-0.15, -0.1) is 0 Å². The van der Waals surface area contributed by atoms with E-state index in [2.05, 4.69) is 16.8 Å². The predicted molar refractivity (Wildman–Crippen MR) is 98.1 cm³/mol. The lowest BCUT2D eigenvalue weighted by atomic mass is 10.0. The summed E-state index contributed by atoms with van der Waals surface area (Å²) in [6.07, 6.45) is -0.502. The Hall–Kier alpha value is -3.52. The van der Waals surface area contributed by atoms with Crippen molar-refractivity contribution in [3.8, 4) is 23.1 Å². The van der Waals surface area contributed by atoms with Crippen molar-refractivity contribution in [2.24, 2.45) is 0 Å². The number of hydrogen-bond acceptors (Lipinski definition) is 1. The van der Waals surface area contributed by atoms with Gasteiger partial charge in [0, 0.05) is 29.1 Å². The van der Waals surface area contributed by atoms with E-state index in [-0.39, 0.29) is 0 Å². The molecule has 2 aromatic heterocycles. The normalized spacial score (nSPS) is 11.2. The molecule has 5 heteroatoms. The molecule has 0 spiro atoms. The average molecular weight is 362 g/mol. The van der Waals surface area contributed by atoms with Gasteiger partial charge in [0.1, 0.15) is 5.65 Å². The molecule has 0 aliphatic rings. The molecule has 0 N–H and O–H groups in total. The third kappa shape index (κ3) is 3.56. The van der Waals surface area contributed by atoms with Crippen molar-refractivity contribution < 1.29 is 13.2 Å². The van der Waals surface area contributed by atoms with E-state index in [0.717, 1.165) is 34.6 Å². The monoisotopic (exact) mass is 362 g/mol. The zero-order valence-corrected chi connectivity index (χ0v) is 14.0. The van der Waals surface area contributed by atoms with E-state index < -0.39 is 11.7 Å². The summed E-state index contributed by atoms with van der Waals surface area (Å²) in [5.41, 5.74) is 3.10. The van der Waals surface area contributed by atoms with E-state index in [4.69, 9.17) is 0 Å². The van der Waals surface area contributed by atoms with Gasteiger partial charge in [0.25, 0.3) is 0 Å². The van der Waals surface area contributed by atoms with Gasteiger partial charge in [-0.05, 0) is 42.5 Å². The largest absolute Gasteiger partial charge is 0.416 e. The number of pyridine rings is 1. The second kappa shape index (κ2) is 6.65. The van der Waals surface area contributed by atoms with E-state index in [1.54, 1.807) is 0 Å². The minimum absolute atomic E-state index is 0.521. The van der Waals surface area contributed by atoms with Crippen LogP contribution in [0.1, 0.15) is 16.7 Å². The lowest BCUT2D eigenvalue weighted by molar-refractivity contribution is -0.137. The molecule has 0 saturated carbocycles. The molecular formula is C22H13F3N2. The zero-order valence-electron chi connectivity index (χ0n) is 14.0. The van der Waals surface area contributed by atoms with Crippen molar-refractivity contribution in [1.29, 1.82) is 0 Å². The molecule has 0 atom stereocenters. The van der Waals surface area contributed by atoms with Crippen LogP contribution >= 0.6 is 0 Å². The first kappa shape index (κ1) is 16.9.